The molecule has 0 spiro atoms. The average Bonchev–Trinajstić information content (AvgIpc) is 2.24. The smallest absolute Gasteiger partial charge is 0.412 e. The molecule has 0 radical (unpaired) electrons. The molecular weight excluding hydrogens is 575 g/mol. The monoisotopic (exact) mass is 610 g/mol. The van der Waals surface area contributed by atoms with Crippen LogP contribution >= 0.6 is 0 Å². The molecule has 2 N–H and O–H groups in total. The summed E-state index contributed by atoms with van der Waals surface area (Å²) in [5.74, 6) is 0. The average molecular weight is 609 g/mol. The number of hydrogen-bond acceptors (Lipinski definition) is 0. The predicted octanol–water partition coefficient (Wildman–Crippen LogP) is 3.72. The molecule has 15 heavy (non-hydrogen) atoms. The van der Waals surface area contributed by atoms with E-state index < -0.39 is 45.4 Å². The van der Waals surface area contributed by atoms with E-state index in [0.29, 0.717) is 0 Å². The van der Waals surface area contributed by atoms with Crippen LogP contribution < -0.4 is 0 Å². The van der Waals surface area contributed by atoms with Crippen LogP contribution in [0, 0.1) is 0 Å². The normalized spacial score (nSPS) is 9.60. The van der Waals surface area contributed by atoms with E-state index >= 15 is 0 Å². The molecule has 0 rings (SSSR count). The Balaban J connectivity index is -0.000000180. The topological polar surface area (TPSA) is 31.5 Å². The molecule has 0 aliphatic carbocycles. The standard InChI is InChI=1S/6C2H5.H2O.2Pb.2H/c6*1-2;;;;;/h6*1H2,2H3;1H2;;;;. The van der Waals surface area contributed by atoms with Crippen LogP contribution in [-0.2, 0) is 0 Å². The molecule has 0 saturated heterocycles. The van der Waals surface area contributed by atoms with E-state index in [1.54, 1.807) is 23.9 Å². The van der Waals surface area contributed by atoms with Crippen molar-refractivity contribution in [3.63, 3.8) is 0 Å². The molecule has 0 heterocycles. The molecule has 96 valence electrons. The minimum atomic E-state index is -0.866. The molecule has 0 amide bonds. The molecule has 0 fully saturated rings. The molecule has 1 nitrogen and oxygen atoms in total. The van der Waals surface area contributed by atoms with Crippen molar-refractivity contribution in [3.05, 3.63) is 0 Å². The summed E-state index contributed by atoms with van der Waals surface area (Å²) in [5.41, 5.74) is 0. The Bertz CT molecular complexity index is 68.6. The summed E-state index contributed by atoms with van der Waals surface area (Å²) in [6.07, 6.45) is 0. The van der Waals surface area contributed by atoms with Gasteiger partial charge in [0.15, 0.2) is 0 Å². The van der Waals surface area contributed by atoms with Crippen molar-refractivity contribution in [2.75, 3.05) is 0 Å². The SMILES string of the molecule is C[CH2][PbH]([CH2]C)[CH2]C.C[CH2][PbH]([CH2]C)[CH2]C.O. The van der Waals surface area contributed by atoms with E-state index in [9.17, 15) is 0 Å². The Morgan fingerprint density at radius 2 is 0.600 bits per heavy atom. The van der Waals surface area contributed by atoms with E-state index in [-0.39, 0.29) is 5.48 Å². The second-order valence-corrected chi connectivity index (χ2v) is 36.7. The zero-order valence-electron chi connectivity index (χ0n) is 11.9. The van der Waals surface area contributed by atoms with Crippen LogP contribution in [-0.4, -0.2) is 50.9 Å². The third kappa shape index (κ3) is 15.8. The fraction of sp³-hybridized carbons (Fsp3) is 1.00. The molecule has 0 aliphatic rings. The van der Waals surface area contributed by atoms with Crippen LogP contribution in [0.25, 0.3) is 0 Å². The van der Waals surface area contributed by atoms with E-state index in [2.05, 4.69) is 41.5 Å². The first-order chi connectivity index (χ1) is 6.69. The third-order valence-electron chi connectivity index (χ3n) is 3.46. The molecule has 0 bridgehead atoms. The summed E-state index contributed by atoms with van der Waals surface area (Å²) >= 11 is -1.73. The quantitative estimate of drug-likeness (QED) is 0.412. The molecule has 0 aromatic heterocycles. The summed E-state index contributed by atoms with van der Waals surface area (Å²) < 4.78 is 9.46. The third-order valence-corrected chi connectivity index (χ3v) is 30.4. The van der Waals surface area contributed by atoms with E-state index in [0.717, 1.165) is 0 Å². The van der Waals surface area contributed by atoms with Crippen molar-refractivity contribution < 1.29 is 5.48 Å². The Hall–Kier alpha value is 1.80. The Labute approximate surface area is 115 Å². The maximum absolute atomic E-state index is 2.36. The maximum atomic E-state index is 2.36. The fourth-order valence-electron chi connectivity index (χ4n) is 1.73. The van der Waals surface area contributed by atoms with Gasteiger partial charge in [0.05, 0.1) is 0 Å². The first-order valence-electron chi connectivity index (χ1n) is 6.69. The predicted molar refractivity (Wildman–Crippen MR) is 80.8 cm³/mol. The number of hydrogen-bond donors (Lipinski definition) is 0. The largest absolute Gasteiger partial charge is 0.412 e. The number of rotatable bonds is 6. The van der Waals surface area contributed by atoms with Crippen LogP contribution in [0.5, 0.6) is 0 Å². The van der Waals surface area contributed by atoms with Gasteiger partial charge < -0.3 is 5.48 Å². The summed E-state index contributed by atoms with van der Waals surface area (Å²) in [6, 6.07) is 0. The second-order valence-electron chi connectivity index (χ2n) is 4.18. The molecule has 3 heteroatoms. The van der Waals surface area contributed by atoms with Gasteiger partial charge in [-0.3, -0.25) is 0 Å². The molecule has 0 atom stereocenters. The zero-order chi connectivity index (χ0) is 11.4. The van der Waals surface area contributed by atoms with Crippen molar-refractivity contribution in [1.82, 2.24) is 0 Å². The summed E-state index contributed by atoms with van der Waals surface area (Å²) in [6.45, 7) is 14.2. The van der Waals surface area contributed by atoms with Gasteiger partial charge in [-0.2, -0.15) is 0 Å². The van der Waals surface area contributed by atoms with Crippen LogP contribution in [0.1, 0.15) is 41.5 Å². The molecule has 0 aromatic rings. The summed E-state index contributed by atoms with van der Waals surface area (Å²) in [7, 11) is 0. The second kappa shape index (κ2) is 18.2. The first-order valence-corrected chi connectivity index (χ1v) is 25.7. The van der Waals surface area contributed by atoms with Gasteiger partial charge in [-0.05, 0) is 0 Å². The molecule has 0 aromatic carbocycles. The van der Waals surface area contributed by atoms with Gasteiger partial charge in [-0.25, -0.2) is 0 Å². The molecule has 0 aliphatic heterocycles. The minimum absolute atomic E-state index is 0. The van der Waals surface area contributed by atoms with Gasteiger partial charge in [-0.1, -0.05) is 0 Å². The van der Waals surface area contributed by atoms with Crippen LogP contribution in [0.4, 0.5) is 0 Å². The molecule has 0 unspecified atom stereocenters. The maximum Gasteiger partial charge on any atom is -0.412 e. The van der Waals surface area contributed by atoms with Gasteiger partial charge in [0.1, 0.15) is 0 Å². The summed E-state index contributed by atoms with van der Waals surface area (Å²) in [4.78, 5) is 0. The van der Waals surface area contributed by atoms with Gasteiger partial charge in [-0.15, -0.1) is 0 Å². The summed E-state index contributed by atoms with van der Waals surface area (Å²) in [5, 5.41) is 0. The molecular formula is C12H34OPb2. The first kappa shape index (κ1) is 22.0. The van der Waals surface area contributed by atoms with Crippen LogP contribution in [0.3, 0.4) is 0 Å². The van der Waals surface area contributed by atoms with Crippen molar-refractivity contribution in [2.24, 2.45) is 0 Å². The molecule has 0 saturated carbocycles. The Morgan fingerprint density at radius 1 is 0.467 bits per heavy atom. The van der Waals surface area contributed by atoms with Crippen LogP contribution in [0.2, 0.25) is 23.9 Å². The van der Waals surface area contributed by atoms with Crippen molar-refractivity contribution in [1.29, 1.82) is 0 Å². The Kier molecular flexibility index (Phi) is 26.7. The van der Waals surface area contributed by atoms with E-state index in [4.69, 9.17) is 0 Å². The Morgan fingerprint density at radius 3 is 0.600 bits per heavy atom. The van der Waals surface area contributed by atoms with Crippen molar-refractivity contribution in [3.8, 4) is 0 Å². The van der Waals surface area contributed by atoms with Gasteiger partial charge in [0, 0.05) is 0 Å². The fourth-order valence-corrected chi connectivity index (χ4v) is 15.2. The van der Waals surface area contributed by atoms with E-state index in [1.165, 1.54) is 0 Å². The van der Waals surface area contributed by atoms with Gasteiger partial charge in [0.25, 0.3) is 0 Å². The van der Waals surface area contributed by atoms with Gasteiger partial charge in [0.2, 0.25) is 0 Å². The van der Waals surface area contributed by atoms with Gasteiger partial charge >= 0.3 is 111 Å². The van der Waals surface area contributed by atoms with Crippen molar-refractivity contribution in [2.45, 2.75) is 65.4 Å². The zero-order valence-corrected chi connectivity index (χ0v) is 20.9. The minimum Gasteiger partial charge on any atom is -0.412 e. The van der Waals surface area contributed by atoms with Crippen LogP contribution in [0.15, 0.2) is 0 Å². The van der Waals surface area contributed by atoms with E-state index in [1.807, 2.05) is 0 Å². The van der Waals surface area contributed by atoms with Crippen molar-refractivity contribution >= 4 is 45.4 Å².